The molecule has 2 heterocycles. The quantitative estimate of drug-likeness (QED) is 0.524. The first-order valence-corrected chi connectivity index (χ1v) is 4.66. The lowest BCUT2D eigenvalue weighted by molar-refractivity contribution is 0.556. The van der Waals surface area contributed by atoms with E-state index in [1.165, 1.54) is 6.07 Å². The summed E-state index contributed by atoms with van der Waals surface area (Å²) >= 11 is 0. The normalized spacial score (nSPS) is 11.3. The maximum absolute atomic E-state index is 11.0. The van der Waals surface area contributed by atoms with Crippen LogP contribution in [0.3, 0.4) is 0 Å². The van der Waals surface area contributed by atoms with E-state index < -0.39 is 0 Å². The molecule has 3 nitrogen and oxygen atoms in total. The van der Waals surface area contributed by atoms with E-state index in [1.807, 2.05) is 19.1 Å². The Morgan fingerprint density at radius 1 is 0.933 bits per heavy atom. The fraction of sp³-hybridized carbons (Fsp3) is 0.0833. The van der Waals surface area contributed by atoms with Gasteiger partial charge in [0.15, 0.2) is 0 Å². The summed E-state index contributed by atoms with van der Waals surface area (Å²) in [5, 5.41) is 1.93. The second kappa shape index (κ2) is 2.73. The first-order chi connectivity index (χ1) is 7.22. The molecule has 15 heavy (non-hydrogen) atoms. The third-order valence-corrected chi connectivity index (χ3v) is 2.38. The third-order valence-electron chi connectivity index (χ3n) is 2.38. The average molecular weight is 200 g/mol. The lowest BCUT2D eigenvalue weighted by Crippen LogP contribution is -1.93. The van der Waals surface area contributed by atoms with Gasteiger partial charge in [0.2, 0.25) is 0 Å². The molecule has 0 bridgehead atoms. The summed E-state index contributed by atoms with van der Waals surface area (Å²) in [6.07, 6.45) is 0. The van der Waals surface area contributed by atoms with E-state index in [1.54, 1.807) is 12.1 Å². The Morgan fingerprint density at radius 3 is 2.60 bits per heavy atom. The Balaban J connectivity index is 2.51. The van der Waals surface area contributed by atoms with Gasteiger partial charge in [-0.2, -0.15) is 0 Å². The number of hydrogen-bond donors (Lipinski definition) is 0. The van der Waals surface area contributed by atoms with Crippen LogP contribution in [-0.2, 0) is 0 Å². The topological polar surface area (TPSA) is 43.4 Å². The zero-order chi connectivity index (χ0) is 10.4. The second-order valence-corrected chi connectivity index (χ2v) is 3.54. The van der Waals surface area contributed by atoms with Crippen molar-refractivity contribution in [3.63, 3.8) is 0 Å². The average Bonchev–Trinajstić information content (AvgIpc) is 2.53. The Kier molecular flexibility index (Phi) is 1.51. The van der Waals surface area contributed by atoms with E-state index >= 15 is 0 Å². The highest BCUT2D eigenvalue weighted by Gasteiger charge is 2.04. The Hall–Kier alpha value is -2.03. The van der Waals surface area contributed by atoms with Gasteiger partial charge < -0.3 is 8.83 Å². The maximum Gasteiger partial charge on any atom is 0.336 e. The van der Waals surface area contributed by atoms with Crippen LogP contribution < -0.4 is 5.63 Å². The van der Waals surface area contributed by atoms with Crippen LogP contribution in [0.15, 0.2) is 44.0 Å². The summed E-state index contributed by atoms with van der Waals surface area (Å²) in [6, 6.07) is 8.83. The van der Waals surface area contributed by atoms with E-state index in [0.717, 1.165) is 22.1 Å². The molecule has 3 heteroatoms. The predicted octanol–water partition coefficient (Wildman–Crippen LogP) is 2.85. The van der Waals surface area contributed by atoms with Crippen LogP contribution in [0.1, 0.15) is 5.76 Å². The number of fused-ring (bicyclic) bond motifs is 2. The van der Waals surface area contributed by atoms with E-state index in [0.29, 0.717) is 5.58 Å². The molecule has 0 atom stereocenters. The number of benzene rings is 1. The van der Waals surface area contributed by atoms with Gasteiger partial charge >= 0.3 is 5.63 Å². The molecule has 0 aliphatic heterocycles. The Morgan fingerprint density at radius 2 is 1.73 bits per heavy atom. The monoisotopic (exact) mass is 200 g/mol. The summed E-state index contributed by atoms with van der Waals surface area (Å²) < 4.78 is 10.5. The van der Waals surface area contributed by atoms with Crippen LogP contribution in [0, 0.1) is 6.92 Å². The first-order valence-electron chi connectivity index (χ1n) is 4.66. The Bertz CT molecular complexity index is 704. The molecule has 0 saturated carbocycles. The van der Waals surface area contributed by atoms with Gasteiger partial charge in [0, 0.05) is 22.9 Å². The van der Waals surface area contributed by atoms with Crippen molar-refractivity contribution in [2.24, 2.45) is 0 Å². The van der Waals surface area contributed by atoms with Crippen molar-refractivity contribution in [3.8, 4) is 0 Å². The summed E-state index contributed by atoms with van der Waals surface area (Å²) in [4.78, 5) is 11.0. The fourth-order valence-electron chi connectivity index (χ4n) is 1.74. The summed E-state index contributed by atoms with van der Waals surface area (Å²) in [6.45, 7) is 1.89. The molecule has 0 amide bonds. The SMILES string of the molecule is Cc1cc2cc3ccc(=O)oc3cc2o1. The lowest BCUT2D eigenvalue weighted by Gasteiger charge is -1.94. The molecule has 1 aromatic carbocycles. The minimum Gasteiger partial charge on any atom is -0.461 e. The Labute approximate surface area is 84.9 Å². The van der Waals surface area contributed by atoms with Crippen LogP contribution in [0.25, 0.3) is 21.9 Å². The summed E-state index contributed by atoms with van der Waals surface area (Å²) in [5.74, 6) is 0.850. The smallest absolute Gasteiger partial charge is 0.336 e. The van der Waals surface area contributed by atoms with Crippen LogP contribution in [0.5, 0.6) is 0 Å². The van der Waals surface area contributed by atoms with Crippen LogP contribution in [0.2, 0.25) is 0 Å². The largest absolute Gasteiger partial charge is 0.461 e. The van der Waals surface area contributed by atoms with Gasteiger partial charge in [-0.3, -0.25) is 0 Å². The molecule has 3 aromatic rings. The number of furan rings is 1. The van der Waals surface area contributed by atoms with Gasteiger partial charge in [0.1, 0.15) is 16.9 Å². The van der Waals surface area contributed by atoms with Crippen molar-refractivity contribution in [2.45, 2.75) is 6.92 Å². The lowest BCUT2D eigenvalue weighted by atomic mass is 10.2. The number of hydrogen-bond acceptors (Lipinski definition) is 3. The molecule has 0 N–H and O–H groups in total. The molecule has 74 valence electrons. The number of rotatable bonds is 0. The van der Waals surface area contributed by atoms with Crippen LogP contribution >= 0.6 is 0 Å². The molecular formula is C12H8O3. The first kappa shape index (κ1) is 8.29. The van der Waals surface area contributed by atoms with Gasteiger partial charge in [0.25, 0.3) is 0 Å². The molecule has 0 unspecified atom stereocenters. The third kappa shape index (κ3) is 1.24. The molecular weight excluding hydrogens is 192 g/mol. The zero-order valence-corrected chi connectivity index (χ0v) is 8.11. The zero-order valence-electron chi connectivity index (χ0n) is 8.11. The van der Waals surface area contributed by atoms with Crippen molar-refractivity contribution in [3.05, 3.63) is 46.5 Å². The highest BCUT2D eigenvalue weighted by atomic mass is 16.4. The molecule has 0 spiro atoms. The van der Waals surface area contributed by atoms with Crippen LogP contribution in [-0.4, -0.2) is 0 Å². The van der Waals surface area contributed by atoms with Crippen LogP contribution in [0.4, 0.5) is 0 Å². The second-order valence-electron chi connectivity index (χ2n) is 3.54. The molecule has 0 aliphatic carbocycles. The van der Waals surface area contributed by atoms with E-state index in [-0.39, 0.29) is 5.63 Å². The van der Waals surface area contributed by atoms with Gasteiger partial charge in [-0.25, -0.2) is 4.79 Å². The van der Waals surface area contributed by atoms with Crippen molar-refractivity contribution in [1.82, 2.24) is 0 Å². The molecule has 0 aliphatic rings. The molecule has 2 aromatic heterocycles. The fourth-order valence-corrected chi connectivity index (χ4v) is 1.74. The summed E-state index contributed by atoms with van der Waals surface area (Å²) in [7, 11) is 0. The van der Waals surface area contributed by atoms with Gasteiger partial charge in [-0.15, -0.1) is 0 Å². The highest BCUT2D eigenvalue weighted by molar-refractivity contribution is 5.93. The molecule has 0 radical (unpaired) electrons. The van der Waals surface area contributed by atoms with Crippen molar-refractivity contribution in [1.29, 1.82) is 0 Å². The predicted molar refractivity (Wildman–Crippen MR) is 57.0 cm³/mol. The van der Waals surface area contributed by atoms with Gasteiger partial charge in [0.05, 0.1) is 0 Å². The van der Waals surface area contributed by atoms with E-state index in [4.69, 9.17) is 8.83 Å². The molecule has 3 rings (SSSR count). The summed E-state index contributed by atoms with van der Waals surface area (Å²) in [5.41, 5.74) is 0.962. The van der Waals surface area contributed by atoms with Gasteiger partial charge in [-0.05, 0) is 25.1 Å². The molecule has 0 saturated heterocycles. The maximum atomic E-state index is 11.0. The molecule has 0 fully saturated rings. The van der Waals surface area contributed by atoms with Gasteiger partial charge in [-0.1, -0.05) is 0 Å². The minimum atomic E-state index is -0.342. The minimum absolute atomic E-state index is 0.342. The van der Waals surface area contributed by atoms with E-state index in [9.17, 15) is 4.79 Å². The van der Waals surface area contributed by atoms with Crippen molar-refractivity contribution < 1.29 is 8.83 Å². The van der Waals surface area contributed by atoms with Crippen molar-refractivity contribution in [2.75, 3.05) is 0 Å². The van der Waals surface area contributed by atoms with E-state index in [2.05, 4.69) is 0 Å². The highest BCUT2D eigenvalue weighted by Crippen LogP contribution is 2.24. The standard InChI is InChI=1S/C12H8O3/c1-7-4-9-5-8-2-3-12(13)15-10(8)6-11(9)14-7/h2-6H,1H3. The van der Waals surface area contributed by atoms with Crippen molar-refractivity contribution >= 4 is 21.9 Å². The number of aryl methyl sites for hydroxylation is 1.